The molecule has 0 aliphatic carbocycles. The topological polar surface area (TPSA) is 116 Å². The van der Waals surface area contributed by atoms with Crippen molar-refractivity contribution in [3.8, 4) is 0 Å². The van der Waals surface area contributed by atoms with Crippen molar-refractivity contribution >= 4 is 15.7 Å². The van der Waals surface area contributed by atoms with E-state index in [1.165, 1.54) is 0 Å². The van der Waals surface area contributed by atoms with Gasteiger partial charge in [-0.05, 0) is 0 Å². The van der Waals surface area contributed by atoms with Crippen LogP contribution in [0.15, 0.2) is 11.1 Å². The number of alkyl halides is 2. The number of sulfonamides is 1. The van der Waals surface area contributed by atoms with E-state index in [0.29, 0.717) is 0 Å². The van der Waals surface area contributed by atoms with Crippen LogP contribution in [0.4, 0.5) is 18.9 Å². The standard InChI is InChI=1S/C6H4F3N3O4S/c7-3-1-2(12(13)14)4(5(8)9)6(11-3)17(10,15)16/h1,5H,(H2,10,15,16). The SMILES string of the molecule is NS(=O)(=O)c1nc(F)cc([N+](=O)[O-])c1C(F)F. The number of halogens is 3. The Hall–Kier alpha value is -1.75. The minimum Gasteiger partial charge on any atom is -0.258 e. The van der Waals surface area contributed by atoms with Gasteiger partial charge < -0.3 is 0 Å². The van der Waals surface area contributed by atoms with Gasteiger partial charge in [-0.25, -0.2) is 27.3 Å². The summed E-state index contributed by atoms with van der Waals surface area (Å²) in [5, 5.41) is 13.4. The molecular formula is C6H4F3N3O4S. The summed E-state index contributed by atoms with van der Waals surface area (Å²) in [4.78, 5) is 11.7. The van der Waals surface area contributed by atoms with Crippen molar-refractivity contribution in [1.82, 2.24) is 4.98 Å². The zero-order valence-corrected chi connectivity index (χ0v) is 8.62. The van der Waals surface area contributed by atoms with E-state index in [1.807, 2.05) is 0 Å². The second-order valence-electron chi connectivity index (χ2n) is 2.79. The van der Waals surface area contributed by atoms with Gasteiger partial charge in [-0.15, -0.1) is 0 Å². The van der Waals surface area contributed by atoms with Crippen LogP contribution in [0.1, 0.15) is 12.0 Å². The first-order valence-electron chi connectivity index (χ1n) is 3.80. The van der Waals surface area contributed by atoms with Crippen molar-refractivity contribution in [3.05, 3.63) is 27.7 Å². The van der Waals surface area contributed by atoms with Crippen molar-refractivity contribution in [2.75, 3.05) is 0 Å². The molecule has 0 aliphatic rings. The summed E-state index contributed by atoms with van der Waals surface area (Å²) in [6, 6.07) is 0.0934. The summed E-state index contributed by atoms with van der Waals surface area (Å²) in [5.74, 6) is -1.59. The lowest BCUT2D eigenvalue weighted by molar-refractivity contribution is -0.386. The van der Waals surface area contributed by atoms with E-state index in [2.05, 4.69) is 10.1 Å². The predicted molar refractivity (Wildman–Crippen MR) is 47.2 cm³/mol. The Morgan fingerprint density at radius 3 is 2.35 bits per heavy atom. The Morgan fingerprint density at radius 2 is 2.00 bits per heavy atom. The van der Waals surface area contributed by atoms with Crippen LogP contribution in [0.2, 0.25) is 0 Å². The monoisotopic (exact) mass is 271 g/mol. The maximum Gasteiger partial charge on any atom is 0.285 e. The molecule has 0 saturated heterocycles. The molecule has 2 N–H and O–H groups in total. The van der Waals surface area contributed by atoms with E-state index in [0.717, 1.165) is 0 Å². The van der Waals surface area contributed by atoms with Crippen LogP contribution in [0.25, 0.3) is 0 Å². The largest absolute Gasteiger partial charge is 0.285 e. The number of nitro groups is 1. The molecule has 0 radical (unpaired) electrons. The van der Waals surface area contributed by atoms with E-state index in [1.54, 1.807) is 0 Å². The van der Waals surface area contributed by atoms with Gasteiger partial charge in [-0.1, -0.05) is 0 Å². The molecule has 17 heavy (non-hydrogen) atoms. The lowest BCUT2D eigenvalue weighted by Gasteiger charge is -2.06. The molecule has 94 valence electrons. The van der Waals surface area contributed by atoms with Crippen molar-refractivity contribution < 1.29 is 26.5 Å². The molecule has 0 aliphatic heterocycles. The fourth-order valence-corrected chi connectivity index (χ4v) is 1.78. The third-order valence-corrected chi connectivity index (χ3v) is 2.51. The highest BCUT2D eigenvalue weighted by Crippen LogP contribution is 2.33. The Labute approximate surface area is 92.3 Å². The van der Waals surface area contributed by atoms with E-state index >= 15 is 0 Å². The van der Waals surface area contributed by atoms with Gasteiger partial charge in [0, 0.05) is 0 Å². The number of hydrogen-bond donors (Lipinski definition) is 1. The third kappa shape index (κ3) is 2.68. The first kappa shape index (κ1) is 13.3. The van der Waals surface area contributed by atoms with Crippen LogP contribution in [-0.2, 0) is 10.0 Å². The van der Waals surface area contributed by atoms with Crippen LogP contribution >= 0.6 is 0 Å². The number of nitrogens with two attached hydrogens (primary N) is 1. The average Bonchev–Trinajstić information content (AvgIpc) is 2.14. The van der Waals surface area contributed by atoms with Gasteiger partial charge in [0.15, 0.2) is 5.03 Å². The lowest BCUT2D eigenvalue weighted by Crippen LogP contribution is -2.18. The zero-order chi connectivity index (χ0) is 13.4. The Kier molecular flexibility index (Phi) is 3.33. The minimum atomic E-state index is -4.79. The maximum absolute atomic E-state index is 12.8. The molecule has 0 aromatic carbocycles. The maximum atomic E-state index is 12.8. The first-order valence-corrected chi connectivity index (χ1v) is 5.35. The molecule has 0 amide bonds. The summed E-state index contributed by atoms with van der Waals surface area (Å²) in [6.45, 7) is 0. The van der Waals surface area contributed by atoms with Crippen LogP contribution in [0.3, 0.4) is 0 Å². The molecule has 1 aromatic heterocycles. The fraction of sp³-hybridized carbons (Fsp3) is 0.167. The van der Waals surface area contributed by atoms with E-state index in [4.69, 9.17) is 0 Å². The van der Waals surface area contributed by atoms with Crippen LogP contribution in [0.5, 0.6) is 0 Å². The van der Waals surface area contributed by atoms with Crippen molar-refractivity contribution in [2.45, 2.75) is 11.5 Å². The Morgan fingerprint density at radius 1 is 1.47 bits per heavy atom. The van der Waals surface area contributed by atoms with E-state index < -0.39 is 43.6 Å². The number of pyridine rings is 1. The highest BCUT2D eigenvalue weighted by atomic mass is 32.2. The van der Waals surface area contributed by atoms with Gasteiger partial charge in [0.2, 0.25) is 5.95 Å². The first-order chi connectivity index (χ1) is 7.64. The lowest BCUT2D eigenvalue weighted by atomic mass is 10.2. The number of aromatic nitrogens is 1. The van der Waals surface area contributed by atoms with E-state index in [-0.39, 0.29) is 6.07 Å². The van der Waals surface area contributed by atoms with Gasteiger partial charge in [0.1, 0.15) is 5.56 Å². The number of hydrogen-bond acceptors (Lipinski definition) is 5. The highest BCUT2D eigenvalue weighted by molar-refractivity contribution is 7.89. The van der Waals surface area contributed by atoms with E-state index in [9.17, 15) is 31.7 Å². The number of nitrogens with zero attached hydrogens (tertiary/aromatic N) is 2. The fourth-order valence-electron chi connectivity index (χ4n) is 1.06. The zero-order valence-electron chi connectivity index (χ0n) is 7.80. The van der Waals surface area contributed by atoms with Crippen molar-refractivity contribution in [1.29, 1.82) is 0 Å². The second-order valence-corrected chi connectivity index (χ2v) is 4.26. The molecular weight excluding hydrogens is 267 g/mol. The molecule has 0 spiro atoms. The third-order valence-electron chi connectivity index (χ3n) is 1.65. The second kappa shape index (κ2) is 4.25. The number of rotatable bonds is 3. The molecule has 0 unspecified atom stereocenters. The summed E-state index contributed by atoms with van der Waals surface area (Å²) < 4.78 is 59.6. The van der Waals surface area contributed by atoms with Crippen LogP contribution in [-0.4, -0.2) is 18.3 Å². The molecule has 0 atom stereocenters. The average molecular weight is 271 g/mol. The van der Waals surface area contributed by atoms with Crippen LogP contribution < -0.4 is 5.14 Å². The molecule has 11 heteroatoms. The molecule has 0 fully saturated rings. The molecule has 0 bridgehead atoms. The summed E-state index contributed by atoms with van der Waals surface area (Å²) in [6.07, 6.45) is -3.53. The quantitative estimate of drug-likeness (QED) is 0.493. The molecule has 7 nitrogen and oxygen atoms in total. The summed E-state index contributed by atoms with van der Waals surface area (Å²) in [7, 11) is -4.79. The van der Waals surface area contributed by atoms with Gasteiger partial charge >= 0.3 is 0 Å². The minimum absolute atomic E-state index is 0.0934. The van der Waals surface area contributed by atoms with Crippen LogP contribution in [0, 0.1) is 16.1 Å². The normalized spacial score (nSPS) is 11.8. The van der Waals surface area contributed by atoms with Gasteiger partial charge in [-0.2, -0.15) is 4.39 Å². The Bertz CT molecular complexity index is 574. The Balaban J connectivity index is 3.77. The highest BCUT2D eigenvalue weighted by Gasteiger charge is 2.32. The molecule has 1 aromatic rings. The molecule has 0 saturated carbocycles. The molecule has 1 rings (SSSR count). The van der Waals surface area contributed by atoms with Gasteiger partial charge in [0.05, 0.1) is 11.0 Å². The number of primary sulfonamides is 1. The van der Waals surface area contributed by atoms with Crippen molar-refractivity contribution in [2.24, 2.45) is 5.14 Å². The summed E-state index contributed by atoms with van der Waals surface area (Å²) in [5.41, 5.74) is -2.92. The van der Waals surface area contributed by atoms with Gasteiger partial charge in [-0.3, -0.25) is 10.1 Å². The smallest absolute Gasteiger partial charge is 0.258 e. The molecule has 1 heterocycles. The predicted octanol–water partition coefficient (Wildman–Crippen LogP) is 0.714. The van der Waals surface area contributed by atoms with Gasteiger partial charge in [0.25, 0.3) is 22.1 Å². The van der Waals surface area contributed by atoms with Crippen molar-refractivity contribution in [3.63, 3.8) is 0 Å². The summed E-state index contributed by atoms with van der Waals surface area (Å²) >= 11 is 0.